The van der Waals surface area contributed by atoms with Crippen LogP contribution in [0.15, 0.2) is 0 Å². The van der Waals surface area contributed by atoms with Crippen LogP contribution in [0.3, 0.4) is 0 Å². The number of nitriles is 1. The van der Waals surface area contributed by atoms with Crippen LogP contribution in [-0.2, 0) is 4.79 Å². The van der Waals surface area contributed by atoms with Gasteiger partial charge in [0, 0.05) is 6.42 Å². The fourth-order valence-electron chi connectivity index (χ4n) is 1.90. The summed E-state index contributed by atoms with van der Waals surface area (Å²) in [6, 6.07) is 2.23. The van der Waals surface area contributed by atoms with Crippen LogP contribution in [0.1, 0.15) is 46.0 Å². The lowest BCUT2D eigenvalue weighted by Gasteiger charge is -2.19. The van der Waals surface area contributed by atoms with Crippen molar-refractivity contribution in [1.82, 2.24) is 0 Å². The van der Waals surface area contributed by atoms with Crippen LogP contribution in [0.25, 0.3) is 0 Å². The summed E-state index contributed by atoms with van der Waals surface area (Å²) in [7, 11) is 0. The van der Waals surface area contributed by atoms with E-state index in [4.69, 9.17) is 5.26 Å². The molecule has 1 aliphatic rings. The molecular formula is C11H17NO. The van der Waals surface area contributed by atoms with Crippen LogP contribution in [0.5, 0.6) is 0 Å². The van der Waals surface area contributed by atoms with E-state index in [0.29, 0.717) is 12.3 Å². The highest BCUT2D eigenvalue weighted by Gasteiger charge is 2.41. The molecular weight excluding hydrogens is 162 g/mol. The highest BCUT2D eigenvalue weighted by Crippen LogP contribution is 2.39. The standard InChI is InChI=1S/C11H17NO/c1-9(2)5-7-11(8-12)6-3-4-10(11)13/h9H,3-7H2,1-2H3. The van der Waals surface area contributed by atoms with Gasteiger partial charge in [-0.3, -0.25) is 4.79 Å². The van der Waals surface area contributed by atoms with Crippen molar-refractivity contribution in [2.45, 2.75) is 46.0 Å². The monoisotopic (exact) mass is 179 g/mol. The molecule has 0 heterocycles. The second kappa shape index (κ2) is 3.91. The van der Waals surface area contributed by atoms with Crippen molar-refractivity contribution in [3.63, 3.8) is 0 Å². The molecule has 0 aromatic rings. The predicted molar refractivity (Wildman–Crippen MR) is 51.0 cm³/mol. The highest BCUT2D eigenvalue weighted by atomic mass is 16.1. The molecule has 1 aliphatic carbocycles. The van der Waals surface area contributed by atoms with E-state index in [-0.39, 0.29) is 5.78 Å². The third-order valence-electron chi connectivity index (χ3n) is 2.90. The molecule has 0 saturated heterocycles. The molecule has 0 N–H and O–H groups in total. The number of hydrogen-bond donors (Lipinski definition) is 0. The van der Waals surface area contributed by atoms with Gasteiger partial charge >= 0.3 is 0 Å². The molecule has 0 bridgehead atoms. The Morgan fingerprint density at radius 1 is 1.62 bits per heavy atom. The molecule has 0 aromatic heterocycles. The molecule has 0 aromatic carbocycles. The van der Waals surface area contributed by atoms with Crippen LogP contribution in [0.2, 0.25) is 0 Å². The first-order valence-corrected chi connectivity index (χ1v) is 5.05. The number of carbonyl (C=O) groups excluding carboxylic acids is 1. The van der Waals surface area contributed by atoms with E-state index in [0.717, 1.165) is 25.7 Å². The van der Waals surface area contributed by atoms with Gasteiger partial charge in [-0.15, -0.1) is 0 Å². The van der Waals surface area contributed by atoms with E-state index in [1.807, 2.05) is 0 Å². The summed E-state index contributed by atoms with van der Waals surface area (Å²) in [5.41, 5.74) is -0.607. The van der Waals surface area contributed by atoms with E-state index < -0.39 is 5.41 Å². The molecule has 1 fully saturated rings. The Kier molecular flexibility index (Phi) is 3.08. The zero-order valence-electron chi connectivity index (χ0n) is 8.47. The predicted octanol–water partition coefficient (Wildman–Crippen LogP) is 2.69. The van der Waals surface area contributed by atoms with E-state index in [9.17, 15) is 4.79 Å². The van der Waals surface area contributed by atoms with Gasteiger partial charge in [-0.1, -0.05) is 13.8 Å². The van der Waals surface area contributed by atoms with Crippen molar-refractivity contribution in [2.75, 3.05) is 0 Å². The molecule has 13 heavy (non-hydrogen) atoms. The van der Waals surface area contributed by atoms with Crippen molar-refractivity contribution in [3.05, 3.63) is 0 Å². The molecule has 1 atom stereocenters. The van der Waals surface area contributed by atoms with Gasteiger partial charge < -0.3 is 0 Å². The van der Waals surface area contributed by atoms with Crippen molar-refractivity contribution in [2.24, 2.45) is 11.3 Å². The van der Waals surface area contributed by atoms with Gasteiger partial charge in [0.25, 0.3) is 0 Å². The lowest BCUT2D eigenvalue weighted by Crippen LogP contribution is -2.24. The van der Waals surface area contributed by atoms with Crippen LogP contribution >= 0.6 is 0 Å². The number of hydrogen-bond acceptors (Lipinski definition) is 2. The Labute approximate surface area is 79.9 Å². The summed E-state index contributed by atoms with van der Waals surface area (Å²) in [6.45, 7) is 4.26. The van der Waals surface area contributed by atoms with E-state index >= 15 is 0 Å². The summed E-state index contributed by atoms with van der Waals surface area (Å²) in [4.78, 5) is 11.5. The molecule has 72 valence electrons. The second-order valence-corrected chi connectivity index (χ2v) is 4.40. The molecule has 2 heteroatoms. The van der Waals surface area contributed by atoms with Gasteiger partial charge in [-0.05, 0) is 31.6 Å². The Morgan fingerprint density at radius 3 is 2.69 bits per heavy atom. The van der Waals surface area contributed by atoms with Crippen LogP contribution in [0, 0.1) is 22.7 Å². The molecule has 1 saturated carbocycles. The van der Waals surface area contributed by atoms with Crippen LogP contribution < -0.4 is 0 Å². The normalized spacial score (nSPS) is 28.0. The SMILES string of the molecule is CC(C)CCC1(C#N)CCCC1=O. The summed E-state index contributed by atoms with van der Waals surface area (Å²) >= 11 is 0. The van der Waals surface area contributed by atoms with E-state index in [1.54, 1.807) is 0 Å². The Hall–Kier alpha value is -0.840. The maximum absolute atomic E-state index is 11.5. The number of carbonyl (C=O) groups is 1. The number of Topliss-reactive ketones (excluding diaryl/α,β-unsaturated/α-hetero) is 1. The summed E-state index contributed by atoms with van der Waals surface area (Å²) < 4.78 is 0. The first-order chi connectivity index (χ1) is 6.10. The number of ketones is 1. The van der Waals surface area contributed by atoms with Gasteiger partial charge in [0.1, 0.15) is 5.41 Å². The Balaban J connectivity index is 2.61. The Bertz CT molecular complexity index is 239. The molecule has 0 spiro atoms. The lowest BCUT2D eigenvalue weighted by molar-refractivity contribution is -0.123. The molecule has 0 radical (unpaired) electrons. The maximum Gasteiger partial charge on any atom is 0.153 e. The van der Waals surface area contributed by atoms with Crippen molar-refractivity contribution in [3.8, 4) is 6.07 Å². The summed E-state index contributed by atoms with van der Waals surface area (Å²) in [5, 5.41) is 9.03. The highest BCUT2D eigenvalue weighted by molar-refractivity contribution is 5.89. The molecule has 0 amide bonds. The van der Waals surface area contributed by atoms with Gasteiger partial charge in [0.05, 0.1) is 6.07 Å². The average molecular weight is 179 g/mol. The minimum atomic E-state index is -0.607. The van der Waals surface area contributed by atoms with Crippen molar-refractivity contribution in [1.29, 1.82) is 5.26 Å². The van der Waals surface area contributed by atoms with Crippen LogP contribution in [-0.4, -0.2) is 5.78 Å². The summed E-state index contributed by atoms with van der Waals surface area (Å²) in [6.07, 6.45) is 4.06. The topological polar surface area (TPSA) is 40.9 Å². The summed E-state index contributed by atoms with van der Waals surface area (Å²) in [5.74, 6) is 0.759. The molecule has 2 nitrogen and oxygen atoms in total. The first-order valence-electron chi connectivity index (χ1n) is 5.05. The van der Waals surface area contributed by atoms with E-state index in [1.165, 1.54) is 0 Å². The second-order valence-electron chi connectivity index (χ2n) is 4.40. The first kappa shape index (κ1) is 10.2. The lowest BCUT2D eigenvalue weighted by atomic mass is 9.80. The fraction of sp³-hybridized carbons (Fsp3) is 0.818. The minimum absolute atomic E-state index is 0.177. The number of nitrogens with zero attached hydrogens (tertiary/aromatic N) is 1. The maximum atomic E-state index is 11.5. The van der Waals surface area contributed by atoms with Crippen LogP contribution in [0.4, 0.5) is 0 Å². The van der Waals surface area contributed by atoms with E-state index in [2.05, 4.69) is 19.9 Å². The minimum Gasteiger partial charge on any atom is -0.298 e. The van der Waals surface area contributed by atoms with Gasteiger partial charge in [0.2, 0.25) is 0 Å². The zero-order valence-corrected chi connectivity index (χ0v) is 8.47. The molecule has 0 aliphatic heterocycles. The smallest absolute Gasteiger partial charge is 0.153 e. The fourth-order valence-corrected chi connectivity index (χ4v) is 1.90. The molecule has 1 unspecified atom stereocenters. The quantitative estimate of drug-likeness (QED) is 0.668. The van der Waals surface area contributed by atoms with Crippen molar-refractivity contribution >= 4 is 5.78 Å². The Morgan fingerprint density at radius 2 is 2.31 bits per heavy atom. The van der Waals surface area contributed by atoms with Gasteiger partial charge in [0.15, 0.2) is 5.78 Å². The average Bonchev–Trinajstić information content (AvgIpc) is 2.45. The third kappa shape index (κ3) is 2.09. The number of rotatable bonds is 3. The third-order valence-corrected chi connectivity index (χ3v) is 2.90. The largest absolute Gasteiger partial charge is 0.298 e. The van der Waals surface area contributed by atoms with Gasteiger partial charge in [-0.25, -0.2) is 0 Å². The van der Waals surface area contributed by atoms with Crippen molar-refractivity contribution < 1.29 is 4.79 Å². The van der Waals surface area contributed by atoms with Gasteiger partial charge in [-0.2, -0.15) is 5.26 Å². The zero-order chi connectivity index (χ0) is 9.90. The molecule has 1 rings (SSSR count).